The van der Waals surface area contributed by atoms with Crippen LogP contribution in [0.2, 0.25) is 0 Å². The summed E-state index contributed by atoms with van der Waals surface area (Å²) in [5.41, 5.74) is -1.92. The predicted octanol–water partition coefficient (Wildman–Crippen LogP) is 4.73. The predicted molar refractivity (Wildman–Crippen MR) is 101 cm³/mol. The van der Waals surface area contributed by atoms with Crippen molar-refractivity contribution >= 4 is 5.91 Å². The van der Waals surface area contributed by atoms with Crippen LogP contribution in [0.5, 0.6) is 0 Å². The molecular weight excluding hydrogens is 452 g/mol. The van der Waals surface area contributed by atoms with Crippen LogP contribution in [0.25, 0.3) is 11.3 Å². The average molecular weight is 465 g/mol. The van der Waals surface area contributed by atoms with Crippen LogP contribution in [0.15, 0.2) is 42.6 Å². The Kier molecular flexibility index (Phi) is 5.35. The van der Waals surface area contributed by atoms with Crippen molar-refractivity contribution in [2.24, 2.45) is 0 Å². The van der Waals surface area contributed by atoms with Crippen molar-refractivity contribution in [3.05, 3.63) is 70.7 Å². The van der Waals surface area contributed by atoms with Gasteiger partial charge in [-0.3, -0.25) is 14.5 Å². The highest BCUT2D eigenvalue weighted by atomic mass is 19.4. The molecule has 0 bridgehead atoms. The van der Waals surface area contributed by atoms with E-state index in [9.17, 15) is 31.1 Å². The smallest absolute Gasteiger partial charge is 0.344 e. The number of alkyl halides is 6. The molecule has 1 aliphatic heterocycles. The summed E-state index contributed by atoms with van der Waals surface area (Å²) in [4.78, 5) is 15.9. The topological polar surface area (TPSA) is 83.6 Å². The van der Waals surface area contributed by atoms with Crippen molar-refractivity contribution in [3.63, 3.8) is 0 Å². The molecule has 0 spiro atoms. The van der Waals surface area contributed by atoms with Gasteiger partial charge in [-0.2, -0.15) is 36.7 Å². The van der Waals surface area contributed by atoms with Crippen LogP contribution >= 0.6 is 0 Å². The second kappa shape index (κ2) is 7.91. The summed E-state index contributed by atoms with van der Waals surface area (Å²) in [7, 11) is 0. The molecule has 3 heterocycles. The third kappa shape index (κ3) is 4.52. The monoisotopic (exact) mass is 465 g/mol. The van der Waals surface area contributed by atoms with E-state index in [4.69, 9.17) is 5.26 Å². The molecular formula is C21H13F6N5O. The highest BCUT2D eigenvalue weighted by Crippen LogP contribution is 2.34. The van der Waals surface area contributed by atoms with Crippen molar-refractivity contribution < 1.29 is 31.1 Å². The summed E-state index contributed by atoms with van der Waals surface area (Å²) in [5.74, 6) is -0.818. The van der Waals surface area contributed by atoms with Gasteiger partial charge in [0.25, 0.3) is 5.91 Å². The zero-order chi connectivity index (χ0) is 24.0. The minimum Gasteiger partial charge on any atom is -0.344 e. The van der Waals surface area contributed by atoms with Crippen LogP contribution in [-0.2, 0) is 18.9 Å². The van der Waals surface area contributed by atoms with E-state index in [1.165, 1.54) is 16.8 Å². The van der Waals surface area contributed by atoms with E-state index < -0.39 is 35.6 Å². The molecule has 2 aromatic heterocycles. The van der Waals surface area contributed by atoms with E-state index in [0.29, 0.717) is 30.8 Å². The number of nitrogens with zero attached hydrogens (tertiary/aromatic N) is 4. The first-order valence-corrected chi connectivity index (χ1v) is 9.50. The highest BCUT2D eigenvalue weighted by molar-refractivity contribution is 5.95. The summed E-state index contributed by atoms with van der Waals surface area (Å²) in [6.45, 7) is 0.351. The maximum atomic E-state index is 13.1. The van der Waals surface area contributed by atoms with Gasteiger partial charge in [0.1, 0.15) is 5.69 Å². The van der Waals surface area contributed by atoms with E-state index in [0.717, 1.165) is 18.3 Å². The molecule has 1 amide bonds. The van der Waals surface area contributed by atoms with Crippen LogP contribution in [0.3, 0.4) is 0 Å². The molecule has 1 aliphatic rings. The van der Waals surface area contributed by atoms with Crippen LogP contribution in [0.1, 0.15) is 45.3 Å². The number of carbonyl (C=O) groups excluding carboxylic acids is 1. The zero-order valence-electron chi connectivity index (χ0n) is 16.5. The fourth-order valence-electron chi connectivity index (χ4n) is 3.55. The van der Waals surface area contributed by atoms with Crippen molar-refractivity contribution in [2.75, 3.05) is 0 Å². The number of hydrogen-bond donors (Lipinski definition) is 1. The third-order valence-electron chi connectivity index (χ3n) is 5.10. The van der Waals surface area contributed by atoms with Gasteiger partial charge in [0.15, 0.2) is 0 Å². The molecule has 170 valence electrons. The Balaban J connectivity index is 1.59. The molecule has 0 fully saturated rings. The number of benzene rings is 1. The van der Waals surface area contributed by atoms with Crippen LogP contribution in [-0.4, -0.2) is 20.7 Å². The number of rotatable bonds is 3. The Labute approximate surface area is 182 Å². The molecule has 0 saturated carbocycles. The summed E-state index contributed by atoms with van der Waals surface area (Å²) in [6, 6.07) is 7.08. The van der Waals surface area contributed by atoms with Gasteiger partial charge in [0.05, 0.1) is 34.6 Å². The highest BCUT2D eigenvalue weighted by Gasteiger charge is 2.34. The number of nitriles is 1. The molecule has 1 N–H and O–H groups in total. The summed E-state index contributed by atoms with van der Waals surface area (Å²) >= 11 is 0. The fourth-order valence-corrected chi connectivity index (χ4v) is 3.55. The van der Waals surface area contributed by atoms with E-state index >= 15 is 0 Å². The second-order valence-electron chi connectivity index (χ2n) is 7.33. The van der Waals surface area contributed by atoms with Crippen LogP contribution in [0.4, 0.5) is 26.3 Å². The lowest BCUT2D eigenvalue weighted by Crippen LogP contribution is -2.27. The number of nitrogens with one attached hydrogen (secondary N) is 1. The van der Waals surface area contributed by atoms with E-state index in [-0.39, 0.29) is 22.4 Å². The molecule has 1 atom stereocenters. The minimum atomic E-state index is -4.73. The molecule has 1 aromatic carbocycles. The number of halogens is 6. The molecule has 3 aromatic rings. The lowest BCUT2D eigenvalue weighted by molar-refractivity contribution is -0.141. The number of hydrogen-bond acceptors (Lipinski definition) is 4. The zero-order valence-corrected chi connectivity index (χ0v) is 16.5. The maximum Gasteiger partial charge on any atom is 0.433 e. The quantitative estimate of drug-likeness (QED) is 0.567. The minimum absolute atomic E-state index is 0.181. The first kappa shape index (κ1) is 22.3. The van der Waals surface area contributed by atoms with Gasteiger partial charge in [0, 0.05) is 23.9 Å². The maximum absolute atomic E-state index is 13.1. The van der Waals surface area contributed by atoms with Crippen molar-refractivity contribution in [3.8, 4) is 17.3 Å². The molecule has 33 heavy (non-hydrogen) atoms. The van der Waals surface area contributed by atoms with Crippen molar-refractivity contribution in [1.82, 2.24) is 20.1 Å². The number of amides is 1. The van der Waals surface area contributed by atoms with Gasteiger partial charge in [-0.25, -0.2) is 0 Å². The molecule has 0 saturated heterocycles. The average Bonchev–Trinajstić information content (AvgIpc) is 3.34. The SMILES string of the molecule is N#Cc1cc(C(=O)NC2CCn3nc(-c4ccnc(C(F)(F)F)c4)cc32)cc(C(F)(F)F)c1. The summed E-state index contributed by atoms with van der Waals surface area (Å²) in [6.07, 6.45) is -7.95. The van der Waals surface area contributed by atoms with Gasteiger partial charge in [0.2, 0.25) is 0 Å². The number of aromatic nitrogens is 3. The Morgan fingerprint density at radius 3 is 2.52 bits per heavy atom. The Morgan fingerprint density at radius 2 is 1.85 bits per heavy atom. The van der Waals surface area contributed by atoms with Crippen molar-refractivity contribution in [2.45, 2.75) is 31.4 Å². The first-order chi connectivity index (χ1) is 15.5. The van der Waals surface area contributed by atoms with Gasteiger partial charge in [-0.15, -0.1) is 0 Å². The standard InChI is InChI=1S/C21H13F6N5O/c22-20(23,24)14-6-11(10-28)5-13(7-14)19(33)30-15-2-4-32-17(15)9-16(31-32)12-1-3-29-18(8-12)21(25,26)27/h1,3,5-9,15H,2,4H2,(H,30,33). The molecule has 0 radical (unpaired) electrons. The van der Waals surface area contributed by atoms with Gasteiger partial charge in [-0.05, 0) is 42.8 Å². The molecule has 1 unspecified atom stereocenters. The lowest BCUT2D eigenvalue weighted by Gasteiger charge is -2.14. The number of pyridine rings is 1. The number of aryl methyl sites for hydroxylation is 1. The van der Waals surface area contributed by atoms with Gasteiger partial charge < -0.3 is 5.32 Å². The van der Waals surface area contributed by atoms with Gasteiger partial charge >= 0.3 is 12.4 Å². The second-order valence-corrected chi connectivity index (χ2v) is 7.33. The molecule has 0 aliphatic carbocycles. The van der Waals surface area contributed by atoms with E-state index in [2.05, 4.69) is 15.4 Å². The molecule has 6 nitrogen and oxygen atoms in total. The first-order valence-electron chi connectivity index (χ1n) is 9.50. The number of carbonyl (C=O) groups is 1. The Bertz CT molecular complexity index is 1270. The lowest BCUT2D eigenvalue weighted by atomic mass is 10.0. The van der Waals surface area contributed by atoms with Crippen LogP contribution in [0, 0.1) is 11.3 Å². The Hall–Kier alpha value is -3.88. The van der Waals surface area contributed by atoms with Crippen LogP contribution < -0.4 is 5.32 Å². The van der Waals surface area contributed by atoms with E-state index in [1.54, 1.807) is 6.07 Å². The van der Waals surface area contributed by atoms with Crippen molar-refractivity contribution in [1.29, 1.82) is 5.26 Å². The fraction of sp³-hybridized carbons (Fsp3) is 0.238. The number of fused-ring (bicyclic) bond motifs is 1. The summed E-state index contributed by atoms with van der Waals surface area (Å²) in [5, 5.41) is 15.9. The summed E-state index contributed by atoms with van der Waals surface area (Å²) < 4.78 is 79.6. The molecule has 4 rings (SSSR count). The van der Waals surface area contributed by atoms with E-state index in [1.807, 2.05) is 0 Å². The normalized spacial score (nSPS) is 15.7. The molecule has 12 heteroatoms. The Morgan fingerprint density at radius 1 is 1.09 bits per heavy atom. The third-order valence-corrected chi connectivity index (χ3v) is 5.10. The largest absolute Gasteiger partial charge is 0.433 e. The van der Waals surface area contributed by atoms with Gasteiger partial charge in [-0.1, -0.05) is 0 Å².